The first-order valence-corrected chi connectivity index (χ1v) is 8.42. The van der Waals surface area contributed by atoms with E-state index in [0.29, 0.717) is 6.04 Å². The molecule has 102 valence electrons. The topological polar surface area (TPSA) is 28.2 Å². The van der Waals surface area contributed by atoms with E-state index in [1.54, 1.807) is 16.2 Å². The Morgan fingerprint density at radius 1 is 1.47 bits per heavy atom. The van der Waals surface area contributed by atoms with Gasteiger partial charge in [-0.05, 0) is 37.4 Å². The quantitative estimate of drug-likeness (QED) is 0.939. The lowest BCUT2D eigenvalue weighted by Gasteiger charge is -2.32. The zero-order valence-corrected chi connectivity index (χ0v) is 13.0. The van der Waals surface area contributed by atoms with Crippen molar-refractivity contribution >= 4 is 22.7 Å². The average molecular weight is 293 g/mol. The Morgan fingerprint density at radius 2 is 2.37 bits per heavy atom. The van der Waals surface area contributed by atoms with Crippen LogP contribution in [0.5, 0.6) is 0 Å². The van der Waals surface area contributed by atoms with E-state index in [0.717, 1.165) is 19.6 Å². The van der Waals surface area contributed by atoms with Gasteiger partial charge in [0.2, 0.25) is 0 Å². The molecule has 0 saturated heterocycles. The van der Waals surface area contributed by atoms with Gasteiger partial charge in [-0.1, -0.05) is 0 Å². The highest BCUT2D eigenvalue weighted by molar-refractivity contribution is 7.10. The Kier molecular flexibility index (Phi) is 3.98. The summed E-state index contributed by atoms with van der Waals surface area (Å²) in [6.45, 7) is 5.30. The molecule has 0 radical (unpaired) electrons. The molecule has 1 aliphatic rings. The number of thiazole rings is 1. The van der Waals surface area contributed by atoms with Crippen LogP contribution in [0.1, 0.15) is 34.1 Å². The molecule has 1 N–H and O–H groups in total. The fraction of sp³-hybridized carbons (Fsp3) is 0.500. The fourth-order valence-electron chi connectivity index (χ4n) is 2.64. The summed E-state index contributed by atoms with van der Waals surface area (Å²) in [5.41, 5.74) is 2.72. The molecule has 1 aliphatic heterocycles. The van der Waals surface area contributed by atoms with E-state index in [9.17, 15) is 0 Å². The van der Waals surface area contributed by atoms with Crippen molar-refractivity contribution in [1.29, 1.82) is 0 Å². The van der Waals surface area contributed by atoms with Crippen molar-refractivity contribution in [3.63, 3.8) is 0 Å². The zero-order chi connectivity index (χ0) is 13.2. The molecule has 1 atom stereocenters. The van der Waals surface area contributed by atoms with Gasteiger partial charge in [0.15, 0.2) is 0 Å². The summed E-state index contributed by atoms with van der Waals surface area (Å²) < 4.78 is 0. The zero-order valence-electron chi connectivity index (χ0n) is 11.3. The van der Waals surface area contributed by atoms with Gasteiger partial charge in [0.05, 0.1) is 5.69 Å². The van der Waals surface area contributed by atoms with Crippen molar-refractivity contribution in [3.05, 3.63) is 38.0 Å². The predicted octanol–water partition coefficient (Wildman–Crippen LogP) is 3.04. The van der Waals surface area contributed by atoms with Crippen molar-refractivity contribution < 1.29 is 0 Å². The Balaban J connectivity index is 1.70. The van der Waals surface area contributed by atoms with E-state index >= 15 is 0 Å². The second kappa shape index (κ2) is 5.71. The van der Waals surface area contributed by atoms with Crippen molar-refractivity contribution in [1.82, 2.24) is 15.2 Å². The van der Waals surface area contributed by atoms with Gasteiger partial charge in [-0.25, -0.2) is 4.98 Å². The molecule has 1 unspecified atom stereocenters. The summed E-state index contributed by atoms with van der Waals surface area (Å²) in [6, 6.07) is 2.80. The largest absolute Gasteiger partial charge is 0.314 e. The minimum absolute atomic E-state index is 0.518. The van der Waals surface area contributed by atoms with Crippen LogP contribution < -0.4 is 5.32 Å². The maximum absolute atomic E-state index is 4.69. The van der Waals surface area contributed by atoms with E-state index in [4.69, 9.17) is 0 Å². The van der Waals surface area contributed by atoms with Gasteiger partial charge in [0.1, 0.15) is 5.01 Å². The molecular formula is C14H19N3S2. The van der Waals surface area contributed by atoms with Crippen molar-refractivity contribution in [3.8, 4) is 0 Å². The summed E-state index contributed by atoms with van der Waals surface area (Å²) in [5.74, 6) is 0. The number of nitrogens with zero attached hydrogens (tertiary/aromatic N) is 2. The third-order valence-electron chi connectivity index (χ3n) is 3.70. The number of aromatic nitrogens is 1. The lowest BCUT2D eigenvalue weighted by molar-refractivity contribution is 0.189. The average Bonchev–Trinajstić information content (AvgIpc) is 3.03. The molecule has 3 rings (SSSR count). The van der Waals surface area contributed by atoms with Crippen LogP contribution in [-0.4, -0.2) is 23.5 Å². The lowest BCUT2D eigenvalue weighted by atomic mass is 10.0. The van der Waals surface area contributed by atoms with Gasteiger partial charge in [-0.2, -0.15) is 0 Å². The Hall–Kier alpha value is -0.750. The van der Waals surface area contributed by atoms with Gasteiger partial charge in [0, 0.05) is 35.9 Å². The summed E-state index contributed by atoms with van der Waals surface area (Å²) >= 11 is 3.65. The van der Waals surface area contributed by atoms with E-state index in [-0.39, 0.29) is 0 Å². The van der Waals surface area contributed by atoms with E-state index in [1.165, 1.54) is 22.7 Å². The minimum Gasteiger partial charge on any atom is -0.314 e. The van der Waals surface area contributed by atoms with Crippen molar-refractivity contribution in [2.75, 3.05) is 13.6 Å². The van der Waals surface area contributed by atoms with Gasteiger partial charge < -0.3 is 5.32 Å². The number of fused-ring (bicyclic) bond motifs is 1. The summed E-state index contributed by atoms with van der Waals surface area (Å²) in [4.78, 5) is 8.79. The molecule has 5 heteroatoms. The molecule has 0 bridgehead atoms. The molecule has 0 aliphatic carbocycles. The van der Waals surface area contributed by atoms with Crippen LogP contribution in [0.4, 0.5) is 0 Å². The number of hydrogen-bond acceptors (Lipinski definition) is 5. The van der Waals surface area contributed by atoms with Crippen LogP contribution in [0, 0.1) is 0 Å². The van der Waals surface area contributed by atoms with Gasteiger partial charge >= 0.3 is 0 Å². The van der Waals surface area contributed by atoms with Crippen molar-refractivity contribution in [2.24, 2.45) is 0 Å². The molecule has 0 saturated carbocycles. The van der Waals surface area contributed by atoms with Gasteiger partial charge in [-0.15, -0.1) is 22.7 Å². The molecule has 0 fully saturated rings. The van der Waals surface area contributed by atoms with E-state index in [1.807, 2.05) is 18.4 Å². The van der Waals surface area contributed by atoms with Crippen LogP contribution in [0.25, 0.3) is 0 Å². The molecule has 2 aromatic heterocycles. The van der Waals surface area contributed by atoms with Crippen LogP contribution in [0.2, 0.25) is 0 Å². The molecule has 0 aromatic carbocycles. The fourth-order valence-corrected chi connectivity index (χ4v) is 4.40. The maximum Gasteiger partial charge on any atom is 0.107 e. The molecule has 3 heterocycles. The Bertz CT molecular complexity index is 546. The smallest absolute Gasteiger partial charge is 0.107 e. The third-order valence-corrected chi connectivity index (χ3v) is 5.59. The standard InChI is InChI=1S/C14H19N3S2/c1-10-12-4-6-18-13(12)3-5-17(10)8-11-9-19-14(16-11)7-15-2/h4,6,9-10,15H,3,5,7-8H2,1-2H3. The number of rotatable bonds is 4. The Morgan fingerprint density at radius 3 is 3.21 bits per heavy atom. The van der Waals surface area contributed by atoms with Crippen LogP contribution in [-0.2, 0) is 19.5 Å². The van der Waals surface area contributed by atoms with Crippen LogP contribution in [0.3, 0.4) is 0 Å². The Labute approximate surface area is 122 Å². The predicted molar refractivity (Wildman–Crippen MR) is 81.7 cm³/mol. The van der Waals surface area contributed by atoms with Crippen LogP contribution >= 0.6 is 22.7 Å². The molecule has 0 spiro atoms. The molecular weight excluding hydrogens is 274 g/mol. The normalized spacial score (nSPS) is 19.6. The third kappa shape index (κ3) is 2.74. The summed E-state index contributed by atoms with van der Waals surface area (Å²) in [6.07, 6.45) is 1.19. The monoisotopic (exact) mass is 293 g/mol. The maximum atomic E-state index is 4.69. The summed E-state index contributed by atoms with van der Waals surface area (Å²) in [5, 5.41) is 8.75. The number of hydrogen-bond donors (Lipinski definition) is 1. The highest BCUT2D eigenvalue weighted by atomic mass is 32.1. The number of nitrogens with one attached hydrogen (secondary N) is 1. The molecule has 19 heavy (non-hydrogen) atoms. The first-order chi connectivity index (χ1) is 9.28. The highest BCUT2D eigenvalue weighted by Crippen LogP contribution is 2.33. The molecule has 2 aromatic rings. The highest BCUT2D eigenvalue weighted by Gasteiger charge is 2.25. The van der Waals surface area contributed by atoms with E-state index in [2.05, 4.69) is 39.0 Å². The lowest BCUT2D eigenvalue weighted by Crippen LogP contribution is -2.32. The number of thiophene rings is 1. The van der Waals surface area contributed by atoms with Crippen LogP contribution in [0.15, 0.2) is 16.8 Å². The summed E-state index contributed by atoms with van der Waals surface area (Å²) in [7, 11) is 1.96. The van der Waals surface area contributed by atoms with E-state index < -0.39 is 0 Å². The van der Waals surface area contributed by atoms with Gasteiger partial charge in [0.25, 0.3) is 0 Å². The first-order valence-electron chi connectivity index (χ1n) is 6.66. The molecule has 3 nitrogen and oxygen atoms in total. The second-order valence-electron chi connectivity index (χ2n) is 4.96. The molecule has 0 amide bonds. The SMILES string of the molecule is CNCc1nc(CN2CCc3sccc3C2C)cs1. The van der Waals surface area contributed by atoms with Crippen molar-refractivity contribution in [2.45, 2.75) is 32.5 Å². The van der Waals surface area contributed by atoms with Gasteiger partial charge in [-0.3, -0.25) is 4.90 Å². The minimum atomic E-state index is 0.518. The first kappa shape index (κ1) is 13.2. The second-order valence-corrected chi connectivity index (χ2v) is 6.90.